The third-order valence-corrected chi connectivity index (χ3v) is 6.11. The van der Waals surface area contributed by atoms with Gasteiger partial charge in [-0.25, -0.2) is 4.98 Å². The average Bonchev–Trinajstić information content (AvgIpc) is 2.69. The number of fused-ring (bicyclic) bond motifs is 1. The van der Waals surface area contributed by atoms with Crippen molar-refractivity contribution in [3.05, 3.63) is 16.1 Å². The van der Waals surface area contributed by atoms with Gasteiger partial charge >= 0.3 is 0 Å². The van der Waals surface area contributed by atoms with Crippen molar-refractivity contribution in [2.45, 2.75) is 90.8 Å². The molecule has 2 heterocycles. The molecule has 3 heteroatoms. The van der Waals surface area contributed by atoms with Gasteiger partial charge in [-0.2, -0.15) is 0 Å². The van der Waals surface area contributed by atoms with Crippen molar-refractivity contribution < 1.29 is 0 Å². The van der Waals surface area contributed by atoms with Gasteiger partial charge in [0.25, 0.3) is 0 Å². The first-order valence-corrected chi connectivity index (χ1v) is 9.14. The van der Waals surface area contributed by atoms with Crippen molar-refractivity contribution >= 4 is 11.3 Å². The fourth-order valence-electron chi connectivity index (χ4n) is 4.36. The van der Waals surface area contributed by atoms with Crippen LogP contribution in [0.4, 0.5) is 0 Å². The van der Waals surface area contributed by atoms with E-state index in [1.807, 2.05) is 11.3 Å². The molecular formula is C18H30N2S. The Hall–Kier alpha value is -0.410. The van der Waals surface area contributed by atoms with E-state index in [9.17, 15) is 0 Å². The molecule has 2 aliphatic rings. The summed E-state index contributed by atoms with van der Waals surface area (Å²) in [6.45, 7) is 16.2. The lowest BCUT2D eigenvalue weighted by atomic mass is 9.93. The fourth-order valence-corrected chi connectivity index (χ4v) is 5.54. The monoisotopic (exact) mass is 306 g/mol. The number of likely N-dealkylation sites (tertiary alicyclic amines) is 1. The molecule has 0 unspecified atom stereocenters. The smallest absolute Gasteiger partial charge is 0.0934 e. The van der Waals surface area contributed by atoms with Crippen LogP contribution in [0.15, 0.2) is 5.38 Å². The maximum atomic E-state index is 4.93. The van der Waals surface area contributed by atoms with Crippen molar-refractivity contribution in [2.24, 2.45) is 5.41 Å². The molecule has 1 aromatic heterocycles. The zero-order chi connectivity index (χ0) is 15.6. The summed E-state index contributed by atoms with van der Waals surface area (Å²) in [4.78, 5) is 7.68. The Morgan fingerprint density at radius 1 is 1.24 bits per heavy atom. The van der Waals surface area contributed by atoms with Crippen LogP contribution in [0.25, 0.3) is 0 Å². The second kappa shape index (κ2) is 4.55. The molecule has 2 fully saturated rings. The normalized spacial score (nSPS) is 33.3. The molecule has 3 atom stereocenters. The van der Waals surface area contributed by atoms with Gasteiger partial charge in [-0.05, 0) is 46.0 Å². The second-order valence-corrected chi connectivity index (χ2v) is 10.2. The van der Waals surface area contributed by atoms with Crippen LogP contribution in [0.5, 0.6) is 0 Å². The molecule has 0 radical (unpaired) electrons. The Kier molecular flexibility index (Phi) is 3.35. The molecule has 1 aromatic rings. The summed E-state index contributed by atoms with van der Waals surface area (Å²) in [6.07, 6.45) is 3.91. The largest absolute Gasteiger partial charge is 0.292 e. The molecule has 1 aliphatic carbocycles. The van der Waals surface area contributed by atoms with Gasteiger partial charge in [0.2, 0.25) is 0 Å². The minimum atomic E-state index is 0.176. The number of aromatic nitrogens is 1. The maximum Gasteiger partial charge on any atom is 0.0934 e. The van der Waals surface area contributed by atoms with Gasteiger partial charge in [-0.3, -0.25) is 4.90 Å². The first-order valence-electron chi connectivity index (χ1n) is 8.26. The molecule has 21 heavy (non-hydrogen) atoms. The van der Waals surface area contributed by atoms with Crippen LogP contribution < -0.4 is 0 Å². The van der Waals surface area contributed by atoms with Crippen LogP contribution in [0.3, 0.4) is 0 Å². The highest BCUT2D eigenvalue weighted by molar-refractivity contribution is 7.09. The van der Waals surface area contributed by atoms with Gasteiger partial charge in [0.15, 0.2) is 0 Å². The second-order valence-electron chi connectivity index (χ2n) is 9.27. The van der Waals surface area contributed by atoms with E-state index in [1.165, 1.54) is 30.0 Å². The number of hydrogen-bond donors (Lipinski definition) is 0. The Morgan fingerprint density at radius 2 is 1.90 bits per heavy atom. The molecule has 118 valence electrons. The predicted molar refractivity (Wildman–Crippen MR) is 91.0 cm³/mol. The summed E-state index contributed by atoms with van der Waals surface area (Å²) < 4.78 is 0. The van der Waals surface area contributed by atoms with Crippen molar-refractivity contribution in [3.8, 4) is 0 Å². The lowest BCUT2D eigenvalue weighted by Gasteiger charge is -2.37. The molecule has 1 saturated carbocycles. The lowest BCUT2D eigenvalue weighted by Crippen LogP contribution is -2.45. The Bertz CT molecular complexity index is 534. The summed E-state index contributed by atoms with van der Waals surface area (Å²) in [6, 6.07) is 1.50. The van der Waals surface area contributed by atoms with Crippen molar-refractivity contribution in [3.63, 3.8) is 0 Å². The topological polar surface area (TPSA) is 16.1 Å². The third-order valence-electron chi connectivity index (χ3n) is 5.26. The van der Waals surface area contributed by atoms with Gasteiger partial charge in [0.05, 0.1) is 10.7 Å². The van der Waals surface area contributed by atoms with Crippen molar-refractivity contribution in [1.82, 2.24) is 9.88 Å². The third kappa shape index (κ3) is 2.68. The molecule has 0 aromatic carbocycles. The van der Waals surface area contributed by atoms with E-state index in [4.69, 9.17) is 4.98 Å². The zero-order valence-electron chi connectivity index (χ0n) is 14.7. The molecule has 0 spiro atoms. The van der Waals surface area contributed by atoms with Crippen molar-refractivity contribution in [2.75, 3.05) is 0 Å². The highest BCUT2D eigenvalue weighted by Crippen LogP contribution is 2.62. The van der Waals surface area contributed by atoms with Gasteiger partial charge in [0, 0.05) is 34.8 Å². The van der Waals surface area contributed by atoms with Crippen LogP contribution in [0.2, 0.25) is 0 Å². The van der Waals surface area contributed by atoms with Crippen LogP contribution in [-0.2, 0) is 11.8 Å². The van der Waals surface area contributed by atoms with E-state index in [0.29, 0.717) is 17.0 Å². The quantitative estimate of drug-likeness (QED) is 0.791. The molecule has 0 bridgehead atoms. The SMILES string of the molecule is C[C@@H]1C[C@@]2(Cc3nc(C(C)(C)C)cs3)C[C@H]2N1C(C)(C)C. The Morgan fingerprint density at radius 3 is 2.38 bits per heavy atom. The summed E-state index contributed by atoms with van der Waals surface area (Å²) in [5, 5.41) is 3.62. The molecular weight excluding hydrogens is 276 g/mol. The zero-order valence-corrected chi connectivity index (χ0v) is 15.5. The van der Waals surface area contributed by atoms with Gasteiger partial charge in [0.1, 0.15) is 0 Å². The van der Waals surface area contributed by atoms with E-state index < -0.39 is 0 Å². The predicted octanol–water partition coefficient (Wildman–Crippen LogP) is 4.63. The fraction of sp³-hybridized carbons (Fsp3) is 0.833. The highest BCUT2D eigenvalue weighted by Gasteiger charge is 2.65. The molecule has 1 saturated heterocycles. The molecule has 3 rings (SSSR count). The number of piperidine rings is 1. The Labute approximate surface area is 134 Å². The summed E-state index contributed by atoms with van der Waals surface area (Å²) >= 11 is 1.87. The Balaban J connectivity index is 1.75. The van der Waals surface area contributed by atoms with E-state index in [-0.39, 0.29) is 5.41 Å². The summed E-state index contributed by atoms with van der Waals surface area (Å²) in [7, 11) is 0. The van der Waals surface area contributed by atoms with Gasteiger partial charge in [-0.1, -0.05) is 20.8 Å². The molecule has 0 N–H and O–H groups in total. The average molecular weight is 307 g/mol. The minimum absolute atomic E-state index is 0.176. The minimum Gasteiger partial charge on any atom is -0.292 e. The van der Waals surface area contributed by atoms with E-state index in [2.05, 4.69) is 58.7 Å². The molecule has 0 amide bonds. The van der Waals surface area contributed by atoms with Crippen LogP contribution in [0, 0.1) is 5.41 Å². The molecule has 1 aliphatic heterocycles. The summed E-state index contributed by atoms with van der Waals surface area (Å²) in [5.74, 6) is 0. The first kappa shape index (κ1) is 15.5. The van der Waals surface area contributed by atoms with Gasteiger partial charge in [-0.15, -0.1) is 11.3 Å². The summed E-state index contributed by atoms with van der Waals surface area (Å²) in [5.41, 5.74) is 2.26. The number of thiazole rings is 1. The van der Waals surface area contributed by atoms with E-state index in [1.54, 1.807) is 0 Å². The standard InChI is InChI=1S/C18H30N2S/c1-12-8-18(9-14(18)20(12)17(5,6)7)10-15-19-13(11-21-15)16(2,3)4/h11-12,14H,8-10H2,1-7H3/t12-,14-,18+/m1/s1. The highest BCUT2D eigenvalue weighted by atomic mass is 32.1. The lowest BCUT2D eigenvalue weighted by molar-refractivity contribution is 0.104. The van der Waals surface area contributed by atoms with E-state index >= 15 is 0 Å². The molecule has 2 nitrogen and oxygen atoms in total. The van der Waals surface area contributed by atoms with Crippen molar-refractivity contribution in [1.29, 1.82) is 0 Å². The van der Waals surface area contributed by atoms with Gasteiger partial charge < -0.3 is 0 Å². The number of nitrogens with zero attached hydrogens (tertiary/aromatic N) is 2. The number of rotatable bonds is 2. The van der Waals surface area contributed by atoms with Crippen LogP contribution in [0.1, 0.15) is 72.0 Å². The van der Waals surface area contributed by atoms with Crippen LogP contribution >= 0.6 is 11.3 Å². The number of hydrogen-bond acceptors (Lipinski definition) is 3. The van der Waals surface area contributed by atoms with E-state index in [0.717, 1.165) is 6.04 Å². The first-order chi connectivity index (χ1) is 9.53. The van der Waals surface area contributed by atoms with Crippen LogP contribution in [-0.4, -0.2) is 27.5 Å². The maximum absolute atomic E-state index is 4.93.